The van der Waals surface area contributed by atoms with Gasteiger partial charge in [-0.1, -0.05) is 38.0 Å². The first-order chi connectivity index (χ1) is 10.5. The SMILES string of the molecule is CCCCCNC(=O)CCN(C(C)=O)c1c(C)cccc1C. The van der Waals surface area contributed by atoms with E-state index in [1.165, 1.54) is 0 Å². The number of carbonyl (C=O) groups excluding carboxylic acids is 2. The van der Waals surface area contributed by atoms with Gasteiger partial charge in [0.25, 0.3) is 0 Å². The summed E-state index contributed by atoms with van der Waals surface area (Å²) in [5, 5.41) is 2.92. The second-order valence-electron chi connectivity index (χ2n) is 5.72. The lowest BCUT2D eigenvalue weighted by molar-refractivity contribution is -0.121. The molecule has 0 unspecified atom stereocenters. The fourth-order valence-electron chi connectivity index (χ4n) is 2.56. The van der Waals surface area contributed by atoms with Crippen LogP contribution in [-0.2, 0) is 9.59 Å². The largest absolute Gasteiger partial charge is 0.356 e. The summed E-state index contributed by atoms with van der Waals surface area (Å²) in [7, 11) is 0. The molecule has 0 fully saturated rings. The van der Waals surface area contributed by atoms with E-state index in [4.69, 9.17) is 0 Å². The third kappa shape index (κ3) is 5.51. The molecular weight excluding hydrogens is 276 g/mol. The van der Waals surface area contributed by atoms with Gasteiger partial charge in [-0.25, -0.2) is 0 Å². The molecule has 4 heteroatoms. The molecule has 2 amide bonds. The standard InChI is InChI=1S/C18H28N2O2/c1-5-6-7-12-19-17(22)11-13-20(16(4)21)18-14(2)9-8-10-15(18)3/h8-10H,5-7,11-13H2,1-4H3,(H,19,22). The Bertz CT molecular complexity index is 492. The van der Waals surface area contributed by atoms with Crippen molar-refractivity contribution in [3.8, 4) is 0 Å². The third-order valence-corrected chi connectivity index (χ3v) is 3.75. The maximum Gasteiger partial charge on any atom is 0.223 e. The molecule has 1 aromatic rings. The highest BCUT2D eigenvalue weighted by atomic mass is 16.2. The van der Waals surface area contributed by atoms with Crippen LogP contribution in [0, 0.1) is 13.8 Å². The highest BCUT2D eigenvalue weighted by Gasteiger charge is 2.17. The maximum absolute atomic E-state index is 12.0. The molecule has 0 bridgehead atoms. The zero-order valence-corrected chi connectivity index (χ0v) is 14.2. The molecule has 1 aromatic carbocycles. The van der Waals surface area contributed by atoms with E-state index in [2.05, 4.69) is 12.2 Å². The van der Waals surface area contributed by atoms with Crippen molar-refractivity contribution in [2.75, 3.05) is 18.0 Å². The number of anilines is 1. The molecule has 0 radical (unpaired) electrons. The van der Waals surface area contributed by atoms with Crippen LogP contribution in [0.2, 0.25) is 0 Å². The summed E-state index contributed by atoms with van der Waals surface area (Å²) in [6.07, 6.45) is 3.61. The Labute approximate surface area is 133 Å². The van der Waals surface area contributed by atoms with Crippen molar-refractivity contribution in [3.63, 3.8) is 0 Å². The summed E-state index contributed by atoms with van der Waals surface area (Å²) < 4.78 is 0. The van der Waals surface area contributed by atoms with Gasteiger partial charge < -0.3 is 10.2 Å². The Kier molecular flexibility index (Phi) is 7.64. The monoisotopic (exact) mass is 304 g/mol. The van der Waals surface area contributed by atoms with Crippen molar-refractivity contribution in [1.82, 2.24) is 5.32 Å². The lowest BCUT2D eigenvalue weighted by Gasteiger charge is -2.25. The van der Waals surface area contributed by atoms with Gasteiger partial charge in [-0.05, 0) is 31.4 Å². The van der Waals surface area contributed by atoms with Crippen molar-refractivity contribution in [2.24, 2.45) is 0 Å². The van der Waals surface area contributed by atoms with E-state index in [-0.39, 0.29) is 11.8 Å². The predicted molar refractivity (Wildman–Crippen MR) is 91.1 cm³/mol. The van der Waals surface area contributed by atoms with E-state index in [1.807, 2.05) is 32.0 Å². The summed E-state index contributed by atoms with van der Waals surface area (Å²) >= 11 is 0. The average Bonchev–Trinajstić information content (AvgIpc) is 2.46. The van der Waals surface area contributed by atoms with Crippen LogP contribution in [0.25, 0.3) is 0 Å². The molecule has 0 aliphatic heterocycles. The molecule has 0 aromatic heterocycles. The highest BCUT2D eigenvalue weighted by Crippen LogP contribution is 2.24. The van der Waals surface area contributed by atoms with Crippen LogP contribution < -0.4 is 10.2 Å². The quantitative estimate of drug-likeness (QED) is 0.749. The third-order valence-electron chi connectivity index (χ3n) is 3.75. The fourth-order valence-corrected chi connectivity index (χ4v) is 2.56. The predicted octanol–water partition coefficient (Wildman–Crippen LogP) is 3.35. The van der Waals surface area contributed by atoms with Crippen molar-refractivity contribution in [3.05, 3.63) is 29.3 Å². The number of hydrogen-bond acceptors (Lipinski definition) is 2. The Morgan fingerprint density at radius 2 is 1.77 bits per heavy atom. The molecular formula is C18H28N2O2. The molecule has 4 nitrogen and oxygen atoms in total. The summed E-state index contributed by atoms with van der Waals surface area (Å²) in [6, 6.07) is 5.96. The number of unbranched alkanes of at least 4 members (excludes halogenated alkanes) is 2. The van der Waals surface area contributed by atoms with Gasteiger partial charge in [0.2, 0.25) is 11.8 Å². The first-order valence-electron chi connectivity index (χ1n) is 8.08. The number of aryl methyl sites for hydroxylation is 2. The normalized spacial score (nSPS) is 10.4. The minimum absolute atomic E-state index is 0.00795. The molecule has 1 rings (SSSR count). The minimum atomic E-state index is -0.0313. The maximum atomic E-state index is 12.0. The van der Waals surface area contributed by atoms with Crippen LogP contribution in [-0.4, -0.2) is 24.9 Å². The van der Waals surface area contributed by atoms with E-state index >= 15 is 0 Å². The van der Waals surface area contributed by atoms with Crippen LogP contribution in [0.5, 0.6) is 0 Å². The van der Waals surface area contributed by atoms with Gasteiger partial charge in [0.05, 0.1) is 0 Å². The Balaban J connectivity index is 2.63. The number of carbonyl (C=O) groups is 2. The van der Waals surface area contributed by atoms with Crippen molar-refractivity contribution < 1.29 is 9.59 Å². The van der Waals surface area contributed by atoms with E-state index in [0.29, 0.717) is 13.0 Å². The summed E-state index contributed by atoms with van der Waals surface area (Å²) in [4.78, 5) is 25.5. The topological polar surface area (TPSA) is 49.4 Å². The van der Waals surface area contributed by atoms with Gasteiger partial charge in [0.15, 0.2) is 0 Å². The smallest absolute Gasteiger partial charge is 0.223 e. The van der Waals surface area contributed by atoms with Gasteiger partial charge in [0, 0.05) is 32.1 Å². The highest BCUT2D eigenvalue weighted by molar-refractivity contribution is 5.94. The molecule has 0 atom stereocenters. The second-order valence-corrected chi connectivity index (χ2v) is 5.72. The number of hydrogen-bond donors (Lipinski definition) is 1. The number of para-hydroxylation sites is 1. The number of rotatable bonds is 8. The molecule has 0 heterocycles. The first-order valence-corrected chi connectivity index (χ1v) is 8.08. The molecule has 1 N–H and O–H groups in total. The molecule has 22 heavy (non-hydrogen) atoms. The Morgan fingerprint density at radius 1 is 1.14 bits per heavy atom. The van der Waals surface area contributed by atoms with Crippen LogP contribution in [0.15, 0.2) is 18.2 Å². The summed E-state index contributed by atoms with van der Waals surface area (Å²) in [5.41, 5.74) is 3.03. The van der Waals surface area contributed by atoms with Gasteiger partial charge in [0.1, 0.15) is 0 Å². The number of benzene rings is 1. The van der Waals surface area contributed by atoms with E-state index in [9.17, 15) is 9.59 Å². The summed E-state index contributed by atoms with van der Waals surface area (Å²) in [5.74, 6) is -0.0234. The first kappa shape index (κ1) is 18.2. The summed E-state index contributed by atoms with van der Waals surface area (Å²) in [6.45, 7) is 8.80. The van der Waals surface area contributed by atoms with Crippen molar-refractivity contribution in [2.45, 2.75) is 53.4 Å². The number of amides is 2. The molecule has 0 aliphatic rings. The van der Waals surface area contributed by atoms with Crippen LogP contribution in [0.1, 0.15) is 50.7 Å². The molecule has 0 spiro atoms. The lowest BCUT2D eigenvalue weighted by Crippen LogP contribution is -2.35. The molecule has 0 saturated carbocycles. The zero-order valence-electron chi connectivity index (χ0n) is 14.2. The second kappa shape index (κ2) is 9.23. The fraction of sp³-hybridized carbons (Fsp3) is 0.556. The number of nitrogens with zero attached hydrogens (tertiary/aromatic N) is 1. The van der Waals surface area contributed by atoms with E-state index < -0.39 is 0 Å². The lowest BCUT2D eigenvalue weighted by atomic mass is 10.1. The molecule has 122 valence electrons. The van der Waals surface area contributed by atoms with Gasteiger partial charge in [-0.3, -0.25) is 9.59 Å². The van der Waals surface area contributed by atoms with Crippen molar-refractivity contribution in [1.29, 1.82) is 0 Å². The molecule has 0 aliphatic carbocycles. The number of nitrogens with one attached hydrogen (secondary N) is 1. The Hall–Kier alpha value is -1.84. The molecule has 0 saturated heterocycles. The van der Waals surface area contributed by atoms with Gasteiger partial charge >= 0.3 is 0 Å². The van der Waals surface area contributed by atoms with Crippen LogP contribution in [0.3, 0.4) is 0 Å². The van der Waals surface area contributed by atoms with Crippen LogP contribution >= 0.6 is 0 Å². The van der Waals surface area contributed by atoms with Crippen LogP contribution in [0.4, 0.5) is 5.69 Å². The van der Waals surface area contributed by atoms with Crippen molar-refractivity contribution >= 4 is 17.5 Å². The zero-order chi connectivity index (χ0) is 16.5. The van der Waals surface area contributed by atoms with Gasteiger partial charge in [-0.2, -0.15) is 0 Å². The average molecular weight is 304 g/mol. The van der Waals surface area contributed by atoms with E-state index in [1.54, 1.807) is 11.8 Å². The Morgan fingerprint density at radius 3 is 2.32 bits per heavy atom. The van der Waals surface area contributed by atoms with Gasteiger partial charge in [-0.15, -0.1) is 0 Å². The minimum Gasteiger partial charge on any atom is -0.356 e. The van der Waals surface area contributed by atoms with E-state index in [0.717, 1.165) is 42.6 Å².